The first-order valence-electron chi connectivity index (χ1n) is 7.90. The van der Waals surface area contributed by atoms with Crippen LogP contribution in [0, 0.1) is 6.92 Å². The van der Waals surface area contributed by atoms with Crippen LogP contribution >= 0.6 is 11.3 Å². The van der Waals surface area contributed by atoms with Gasteiger partial charge < -0.3 is 4.90 Å². The molecule has 0 aliphatic carbocycles. The van der Waals surface area contributed by atoms with Crippen LogP contribution in [0.2, 0.25) is 0 Å². The lowest BCUT2D eigenvalue weighted by atomic mass is 9.99. The minimum absolute atomic E-state index is 0.0542. The Morgan fingerprint density at radius 1 is 1.35 bits per heavy atom. The Labute approximate surface area is 138 Å². The lowest BCUT2D eigenvalue weighted by Gasteiger charge is -2.35. The van der Waals surface area contributed by atoms with Crippen LogP contribution in [0.5, 0.6) is 0 Å². The van der Waals surface area contributed by atoms with Crippen LogP contribution in [0.1, 0.15) is 46.4 Å². The van der Waals surface area contributed by atoms with Gasteiger partial charge in [0.2, 0.25) is 0 Å². The van der Waals surface area contributed by atoms with Gasteiger partial charge in [0.1, 0.15) is 0 Å². The average molecular weight is 326 g/mol. The summed E-state index contributed by atoms with van der Waals surface area (Å²) in [7, 11) is 0. The third-order valence-electron chi connectivity index (χ3n) is 4.31. The molecule has 0 radical (unpaired) electrons. The molecule has 3 aromatic heterocycles. The molecule has 1 saturated heterocycles. The molecule has 1 aliphatic rings. The van der Waals surface area contributed by atoms with Crippen LogP contribution in [0.3, 0.4) is 0 Å². The number of aromatic nitrogens is 3. The second-order valence-electron chi connectivity index (χ2n) is 5.93. The van der Waals surface area contributed by atoms with E-state index in [0.29, 0.717) is 0 Å². The number of fused-ring (bicyclic) bond motifs is 1. The fraction of sp³-hybridized carbons (Fsp3) is 0.353. The minimum Gasteiger partial charge on any atom is -0.329 e. The molecule has 5 nitrogen and oxygen atoms in total. The number of hydrogen-bond acceptors (Lipinski definition) is 4. The van der Waals surface area contributed by atoms with Crippen LogP contribution in [0.25, 0.3) is 5.65 Å². The van der Waals surface area contributed by atoms with Crippen molar-refractivity contribution in [3.05, 3.63) is 52.1 Å². The predicted octanol–water partition coefficient (Wildman–Crippen LogP) is 3.47. The van der Waals surface area contributed by atoms with E-state index < -0.39 is 0 Å². The topological polar surface area (TPSA) is 50.5 Å². The third kappa shape index (κ3) is 2.63. The summed E-state index contributed by atoms with van der Waals surface area (Å²) in [4.78, 5) is 20.3. The molecule has 0 saturated carbocycles. The highest BCUT2D eigenvalue weighted by molar-refractivity contribution is 7.12. The summed E-state index contributed by atoms with van der Waals surface area (Å²) in [6.45, 7) is 2.76. The van der Waals surface area contributed by atoms with Gasteiger partial charge in [0.15, 0.2) is 5.65 Å². The van der Waals surface area contributed by atoms with Gasteiger partial charge in [-0.25, -0.2) is 9.50 Å². The highest BCUT2D eigenvalue weighted by Crippen LogP contribution is 2.32. The molecular formula is C17H18N4OS. The Bertz CT molecular complexity index is 840. The first-order valence-corrected chi connectivity index (χ1v) is 8.78. The molecular weight excluding hydrogens is 308 g/mol. The molecule has 118 valence electrons. The van der Waals surface area contributed by atoms with Crippen molar-refractivity contribution >= 4 is 22.9 Å². The number of rotatable bonds is 2. The number of carbonyl (C=O) groups excluding carboxylic acids is 1. The largest absolute Gasteiger partial charge is 0.329 e. The molecule has 1 unspecified atom stereocenters. The van der Waals surface area contributed by atoms with Crippen molar-refractivity contribution in [2.24, 2.45) is 0 Å². The maximum atomic E-state index is 12.8. The molecule has 1 atom stereocenters. The second kappa shape index (κ2) is 5.77. The fourth-order valence-corrected chi connectivity index (χ4v) is 3.90. The summed E-state index contributed by atoms with van der Waals surface area (Å²) in [6, 6.07) is 7.84. The van der Waals surface area contributed by atoms with E-state index in [2.05, 4.69) is 5.10 Å². The van der Waals surface area contributed by atoms with Crippen molar-refractivity contribution in [2.75, 3.05) is 6.54 Å². The molecule has 23 heavy (non-hydrogen) atoms. The molecule has 1 aliphatic heterocycles. The zero-order valence-corrected chi connectivity index (χ0v) is 13.8. The highest BCUT2D eigenvalue weighted by Gasteiger charge is 2.30. The molecule has 0 aromatic carbocycles. The summed E-state index contributed by atoms with van der Waals surface area (Å²) >= 11 is 1.50. The van der Waals surface area contributed by atoms with Gasteiger partial charge in [0.25, 0.3) is 5.91 Å². The zero-order valence-electron chi connectivity index (χ0n) is 13.0. The number of likely N-dealkylation sites (tertiary alicyclic amines) is 1. The summed E-state index contributed by atoms with van der Waals surface area (Å²) in [5.41, 5.74) is 2.75. The van der Waals surface area contributed by atoms with Gasteiger partial charge in [0, 0.05) is 18.8 Å². The normalized spacial score (nSPS) is 18.5. The molecule has 4 heterocycles. The van der Waals surface area contributed by atoms with Crippen molar-refractivity contribution < 1.29 is 4.79 Å². The van der Waals surface area contributed by atoms with E-state index >= 15 is 0 Å². The van der Waals surface area contributed by atoms with Crippen molar-refractivity contribution in [1.29, 1.82) is 0 Å². The second-order valence-corrected chi connectivity index (χ2v) is 6.88. The SMILES string of the molecule is Cc1cc2nc(C3CCCCN3C(=O)c3cccs3)ccn2n1. The molecule has 1 amide bonds. The van der Waals surface area contributed by atoms with E-state index in [0.717, 1.165) is 47.7 Å². The maximum absolute atomic E-state index is 12.8. The van der Waals surface area contributed by atoms with E-state index in [1.807, 2.05) is 47.7 Å². The Hall–Kier alpha value is -2.21. The average Bonchev–Trinajstić information content (AvgIpc) is 3.22. The molecule has 0 spiro atoms. The number of amides is 1. The van der Waals surface area contributed by atoms with E-state index in [4.69, 9.17) is 4.98 Å². The van der Waals surface area contributed by atoms with Crippen molar-refractivity contribution in [2.45, 2.75) is 32.2 Å². The van der Waals surface area contributed by atoms with E-state index in [9.17, 15) is 4.79 Å². The lowest BCUT2D eigenvalue weighted by Crippen LogP contribution is -2.38. The van der Waals surface area contributed by atoms with Crippen LogP contribution < -0.4 is 0 Å². The first-order chi connectivity index (χ1) is 11.2. The van der Waals surface area contributed by atoms with Crippen molar-refractivity contribution in [3.63, 3.8) is 0 Å². The van der Waals surface area contributed by atoms with Crippen molar-refractivity contribution in [3.8, 4) is 0 Å². The third-order valence-corrected chi connectivity index (χ3v) is 5.16. The van der Waals surface area contributed by atoms with E-state index in [1.54, 1.807) is 4.52 Å². The van der Waals surface area contributed by atoms with Gasteiger partial charge in [0.05, 0.1) is 22.3 Å². The maximum Gasteiger partial charge on any atom is 0.264 e. The molecule has 0 bridgehead atoms. The van der Waals surface area contributed by atoms with Crippen LogP contribution in [-0.2, 0) is 0 Å². The van der Waals surface area contributed by atoms with Gasteiger partial charge in [-0.15, -0.1) is 11.3 Å². The molecule has 4 rings (SSSR count). The zero-order chi connectivity index (χ0) is 15.8. The summed E-state index contributed by atoms with van der Waals surface area (Å²) in [6.07, 6.45) is 5.09. The Kier molecular flexibility index (Phi) is 3.61. The lowest BCUT2D eigenvalue weighted by molar-refractivity contribution is 0.0611. The van der Waals surface area contributed by atoms with Crippen LogP contribution in [0.15, 0.2) is 35.8 Å². The number of aryl methyl sites for hydroxylation is 1. The fourth-order valence-electron chi connectivity index (χ4n) is 3.22. The Balaban J connectivity index is 1.69. The van der Waals surface area contributed by atoms with Gasteiger partial charge in [-0.3, -0.25) is 4.79 Å². The summed E-state index contributed by atoms with van der Waals surface area (Å²) < 4.78 is 1.78. The first kappa shape index (κ1) is 14.4. The van der Waals surface area contributed by atoms with E-state index in [1.165, 1.54) is 11.3 Å². The molecule has 6 heteroatoms. The number of hydrogen-bond donors (Lipinski definition) is 0. The number of thiophene rings is 1. The Morgan fingerprint density at radius 2 is 2.26 bits per heavy atom. The van der Waals surface area contributed by atoms with Crippen molar-refractivity contribution in [1.82, 2.24) is 19.5 Å². The number of piperidine rings is 1. The minimum atomic E-state index is 0.0542. The van der Waals surface area contributed by atoms with Gasteiger partial charge >= 0.3 is 0 Å². The van der Waals surface area contributed by atoms with Gasteiger partial charge in [-0.1, -0.05) is 6.07 Å². The van der Waals surface area contributed by atoms with Gasteiger partial charge in [-0.2, -0.15) is 5.10 Å². The van der Waals surface area contributed by atoms with Gasteiger partial charge in [-0.05, 0) is 43.7 Å². The highest BCUT2D eigenvalue weighted by atomic mass is 32.1. The smallest absolute Gasteiger partial charge is 0.264 e. The standard InChI is InChI=1S/C17H18N4OS/c1-12-11-16-18-13(7-9-21(16)19-12)14-5-2-3-8-20(14)17(22)15-6-4-10-23-15/h4,6-7,9-11,14H,2-3,5,8H2,1H3. The number of nitrogens with zero attached hydrogens (tertiary/aromatic N) is 4. The molecule has 3 aromatic rings. The monoisotopic (exact) mass is 326 g/mol. The van der Waals surface area contributed by atoms with E-state index in [-0.39, 0.29) is 11.9 Å². The summed E-state index contributed by atoms with van der Waals surface area (Å²) in [5.74, 6) is 0.121. The molecule has 0 N–H and O–H groups in total. The summed E-state index contributed by atoms with van der Waals surface area (Å²) in [5, 5.41) is 6.32. The number of carbonyl (C=O) groups is 1. The molecule has 1 fully saturated rings. The Morgan fingerprint density at radius 3 is 3.09 bits per heavy atom. The predicted molar refractivity (Wildman–Crippen MR) is 89.7 cm³/mol. The van der Waals surface area contributed by atoms with Crippen LogP contribution in [-0.4, -0.2) is 31.9 Å². The quantitative estimate of drug-likeness (QED) is 0.724. The van der Waals surface area contributed by atoms with Crippen LogP contribution in [0.4, 0.5) is 0 Å².